The van der Waals surface area contributed by atoms with Gasteiger partial charge in [0.2, 0.25) is 11.8 Å². The second-order valence-electron chi connectivity index (χ2n) is 10.9. The largest absolute Gasteiger partial charge is 0.465 e. The van der Waals surface area contributed by atoms with E-state index in [4.69, 9.17) is 16.3 Å². The highest BCUT2D eigenvalue weighted by atomic mass is 35.5. The lowest BCUT2D eigenvalue weighted by molar-refractivity contribution is -0.158. The number of rotatable bonds is 9. The standard InChI is InChI=1S/C34H37ClN2O4/c1-2-41-33(40)34-20-8-4-3-5-14-30(34)37(21-19-24-15-17-27(35)18-16-24)32(39)29(34)22-31(38)36-23-26-12-9-11-25-10-6-7-13-28(25)26/h6-7,9-18,29H,2-5,8,19-23H2,1H3,(H,36,38)/b30-14+/t29-,34+/m1/s1. The minimum atomic E-state index is -1.16. The summed E-state index contributed by atoms with van der Waals surface area (Å²) in [5, 5.41) is 5.87. The molecule has 1 aliphatic heterocycles. The number of likely N-dealkylation sites (tertiary alicyclic amines) is 1. The third-order valence-electron chi connectivity index (χ3n) is 8.44. The van der Waals surface area contributed by atoms with Crippen LogP contribution < -0.4 is 5.32 Å². The van der Waals surface area contributed by atoms with Gasteiger partial charge in [-0.05, 0) is 66.6 Å². The van der Waals surface area contributed by atoms with Gasteiger partial charge in [-0.3, -0.25) is 14.4 Å². The summed E-state index contributed by atoms with van der Waals surface area (Å²) in [6.45, 7) is 2.76. The maximum atomic E-state index is 14.1. The van der Waals surface area contributed by atoms with Gasteiger partial charge in [-0.15, -0.1) is 0 Å². The molecule has 1 fully saturated rings. The van der Waals surface area contributed by atoms with E-state index < -0.39 is 17.3 Å². The fourth-order valence-electron chi connectivity index (χ4n) is 6.39. The summed E-state index contributed by atoms with van der Waals surface area (Å²) in [5.74, 6) is -1.65. The van der Waals surface area contributed by atoms with E-state index in [9.17, 15) is 14.4 Å². The molecule has 1 saturated heterocycles. The van der Waals surface area contributed by atoms with Gasteiger partial charge in [0.15, 0.2) is 0 Å². The van der Waals surface area contributed by atoms with Gasteiger partial charge >= 0.3 is 5.97 Å². The highest BCUT2D eigenvalue weighted by molar-refractivity contribution is 6.30. The molecule has 0 spiro atoms. The molecule has 6 nitrogen and oxygen atoms in total. The monoisotopic (exact) mass is 572 g/mol. The van der Waals surface area contributed by atoms with Crippen molar-refractivity contribution < 1.29 is 19.1 Å². The maximum Gasteiger partial charge on any atom is 0.318 e. The predicted octanol–water partition coefficient (Wildman–Crippen LogP) is 6.60. The Kier molecular flexibility index (Phi) is 9.09. The molecule has 5 rings (SSSR count). The summed E-state index contributed by atoms with van der Waals surface area (Å²) in [6.07, 6.45) is 6.60. The minimum absolute atomic E-state index is 0.0722. The normalized spacial score (nSPS) is 21.9. The van der Waals surface area contributed by atoms with Gasteiger partial charge in [-0.2, -0.15) is 0 Å². The van der Waals surface area contributed by atoms with Crippen LogP contribution >= 0.6 is 11.6 Å². The lowest BCUT2D eigenvalue weighted by Gasteiger charge is -2.34. The first-order chi connectivity index (χ1) is 19.9. The van der Waals surface area contributed by atoms with Crippen molar-refractivity contribution in [1.82, 2.24) is 10.2 Å². The first-order valence-corrected chi connectivity index (χ1v) is 15.0. The Morgan fingerprint density at radius 2 is 1.80 bits per heavy atom. The molecule has 3 aromatic carbocycles. The molecule has 0 unspecified atom stereocenters. The third kappa shape index (κ3) is 6.03. The molecule has 0 radical (unpaired) electrons. The first kappa shape index (κ1) is 28.9. The predicted molar refractivity (Wildman–Crippen MR) is 161 cm³/mol. The fourth-order valence-corrected chi connectivity index (χ4v) is 6.51. The van der Waals surface area contributed by atoms with Crippen LogP contribution in [0.3, 0.4) is 0 Å². The van der Waals surface area contributed by atoms with Crippen molar-refractivity contribution in [3.05, 3.63) is 94.7 Å². The number of nitrogens with zero attached hydrogens (tertiary/aromatic N) is 1. The van der Waals surface area contributed by atoms with Crippen LogP contribution in [0.4, 0.5) is 0 Å². The van der Waals surface area contributed by atoms with Gasteiger partial charge in [-0.25, -0.2) is 0 Å². The number of fused-ring (bicyclic) bond motifs is 2. The Balaban J connectivity index is 1.42. The van der Waals surface area contributed by atoms with Gasteiger partial charge in [0.05, 0.1) is 12.5 Å². The number of ether oxygens (including phenoxy) is 1. The van der Waals surface area contributed by atoms with Crippen molar-refractivity contribution in [3.8, 4) is 0 Å². The topological polar surface area (TPSA) is 75.7 Å². The molecule has 3 aromatic rings. The Labute approximate surface area is 246 Å². The average molecular weight is 573 g/mol. The summed E-state index contributed by atoms with van der Waals surface area (Å²) < 4.78 is 5.64. The van der Waals surface area contributed by atoms with E-state index in [-0.39, 0.29) is 24.8 Å². The van der Waals surface area contributed by atoms with E-state index in [1.807, 2.05) is 72.8 Å². The van der Waals surface area contributed by atoms with Gasteiger partial charge in [-0.1, -0.05) is 85.1 Å². The third-order valence-corrected chi connectivity index (χ3v) is 8.69. The lowest BCUT2D eigenvalue weighted by atomic mass is 9.69. The molecule has 0 aromatic heterocycles. The van der Waals surface area contributed by atoms with Crippen LogP contribution in [0.2, 0.25) is 5.02 Å². The summed E-state index contributed by atoms with van der Waals surface area (Å²) in [5.41, 5.74) is 1.60. The number of carbonyl (C=O) groups is 3. The van der Waals surface area contributed by atoms with Crippen LogP contribution in [0.1, 0.15) is 56.6 Å². The van der Waals surface area contributed by atoms with Crippen LogP contribution in [-0.2, 0) is 32.1 Å². The van der Waals surface area contributed by atoms with Crippen molar-refractivity contribution >= 4 is 40.2 Å². The average Bonchev–Trinajstić information content (AvgIpc) is 3.17. The van der Waals surface area contributed by atoms with Gasteiger partial charge in [0, 0.05) is 30.2 Å². The van der Waals surface area contributed by atoms with Crippen LogP contribution in [0.25, 0.3) is 10.8 Å². The lowest BCUT2D eigenvalue weighted by Crippen LogP contribution is -2.42. The zero-order valence-corrected chi connectivity index (χ0v) is 24.3. The number of hydrogen-bond acceptors (Lipinski definition) is 4. The van der Waals surface area contributed by atoms with Crippen LogP contribution in [0.15, 0.2) is 78.5 Å². The highest BCUT2D eigenvalue weighted by Crippen LogP contribution is 2.52. The number of carbonyl (C=O) groups excluding carboxylic acids is 3. The molecule has 0 saturated carbocycles. The van der Waals surface area contributed by atoms with Crippen molar-refractivity contribution in [2.45, 2.75) is 58.4 Å². The molecule has 1 N–H and O–H groups in total. The first-order valence-electron chi connectivity index (χ1n) is 14.6. The zero-order valence-electron chi connectivity index (χ0n) is 23.5. The van der Waals surface area contributed by atoms with E-state index in [1.165, 1.54) is 0 Å². The van der Waals surface area contributed by atoms with Gasteiger partial charge in [0.25, 0.3) is 0 Å². The quantitative estimate of drug-likeness (QED) is 0.293. The molecule has 41 heavy (non-hydrogen) atoms. The number of amides is 2. The van der Waals surface area contributed by atoms with Gasteiger partial charge in [0.1, 0.15) is 5.41 Å². The van der Waals surface area contributed by atoms with E-state index in [0.717, 1.165) is 47.6 Å². The Hall–Kier alpha value is -3.64. The number of nitrogens with one attached hydrogen (secondary N) is 1. The van der Waals surface area contributed by atoms with Crippen LogP contribution in [0.5, 0.6) is 0 Å². The number of hydrogen-bond donors (Lipinski definition) is 1. The van der Waals surface area contributed by atoms with Gasteiger partial charge < -0.3 is 15.0 Å². The SMILES string of the molecule is CCOC(=O)[C@]12CCCCC/C=C\1N(CCc1ccc(Cl)cc1)C(=O)[C@H]2CC(=O)NCc1cccc2ccccc12. The number of halogens is 1. The maximum absolute atomic E-state index is 14.1. The molecule has 2 aliphatic rings. The van der Waals surface area contributed by atoms with Crippen molar-refractivity contribution in [2.75, 3.05) is 13.2 Å². The summed E-state index contributed by atoms with van der Waals surface area (Å²) in [4.78, 5) is 43.2. The molecule has 2 atom stereocenters. The highest BCUT2D eigenvalue weighted by Gasteiger charge is 2.61. The molecule has 1 heterocycles. The van der Waals surface area contributed by atoms with E-state index >= 15 is 0 Å². The summed E-state index contributed by atoms with van der Waals surface area (Å²) in [6, 6.07) is 21.6. The molecule has 1 aliphatic carbocycles. The molecule has 214 valence electrons. The summed E-state index contributed by atoms with van der Waals surface area (Å²) in [7, 11) is 0. The number of benzene rings is 3. The minimum Gasteiger partial charge on any atom is -0.465 e. The molecule has 2 amide bonds. The second kappa shape index (κ2) is 12.9. The Morgan fingerprint density at radius 1 is 1.02 bits per heavy atom. The molecule has 0 bridgehead atoms. The molecular weight excluding hydrogens is 536 g/mol. The van der Waals surface area contributed by atoms with Crippen molar-refractivity contribution in [3.63, 3.8) is 0 Å². The number of esters is 1. The molecule has 7 heteroatoms. The smallest absolute Gasteiger partial charge is 0.318 e. The van der Waals surface area contributed by atoms with Crippen LogP contribution in [-0.4, -0.2) is 35.8 Å². The van der Waals surface area contributed by atoms with E-state index in [2.05, 4.69) is 5.32 Å². The number of allylic oxidation sites excluding steroid dienone is 1. The Morgan fingerprint density at radius 3 is 2.61 bits per heavy atom. The second-order valence-corrected chi connectivity index (χ2v) is 11.4. The summed E-state index contributed by atoms with van der Waals surface area (Å²) >= 11 is 6.07. The van der Waals surface area contributed by atoms with Crippen molar-refractivity contribution in [2.24, 2.45) is 11.3 Å². The van der Waals surface area contributed by atoms with E-state index in [1.54, 1.807) is 11.8 Å². The van der Waals surface area contributed by atoms with Crippen LogP contribution in [0, 0.1) is 11.3 Å². The van der Waals surface area contributed by atoms with E-state index in [0.29, 0.717) is 36.7 Å². The molecular formula is C34H37ClN2O4. The zero-order chi connectivity index (χ0) is 28.8. The fraction of sp³-hybridized carbons (Fsp3) is 0.382. The Bertz CT molecular complexity index is 1450. The van der Waals surface area contributed by atoms with Crippen molar-refractivity contribution in [1.29, 1.82) is 0 Å².